The maximum absolute atomic E-state index is 10.3. The molecule has 6 nitrogen and oxygen atoms in total. The van der Waals surface area contributed by atoms with Crippen LogP contribution in [-0.4, -0.2) is 36.7 Å². The van der Waals surface area contributed by atoms with Crippen molar-refractivity contribution in [2.75, 3.05) is 19.6 Å². The van der Waals surface area contributed by atoms with Gasteiger partial charge in [-0.25, -0.2) is 4.79 Å². The van der Waals surface area contributed by atoms with Crippen molar-refractivity contribution in [3.05, 3.63) is 0 Å². The van der Waals surface area contributed by atoms with Crippen LogP contribution in [0.15, 0.2) is 0 Å². The second-order valence-electron chi connectivity index (χ2n) is 1.86. The molecule has 0 aromatic rings. The highest BCUT2D eigenvalue weighted by Crippen LogP contribution is 1.69. The van der Waals surface area contributed by atoms with Crippen molar-refractivity contribution in [2.24, 2.45) is 5.73 Å². The molecule has 2 amide bonds. The average Bonchev–Trinajstić information content (AvgIpc) is 1.87. The Balaban J connectivity index is 0.000000218. The Labute approximate surface area is 63.8 Å². The van der Waals surface area contributed by atoms with E-state index in [2.05, 4.69) is 16.4 Å². The van der Waals surface area contributed by atoms with Gasteiger partial charge in [0.2, 0.25) is 5.91 Å². The summed E-state index contributed by atoms with van der Waals surface area (Å²) in [6.07, 6.45) is -1.33. The predicted octanol–water partition coefficient (Wildman–Crippen LogP) is -1.67. The van der Waals surface area contributed by atoms with Crippen LogP contribution in [0.3, 0.4) is 0 Å². The van der Waals surface area contributed by atoms with E-state index in [4.69, 9.17) is 9.90 Å². The van der Waals surface area contributed by atoms with E-state index in [9.17, 15) is 4.79 Å². The summed E-state index contributed by atoms with van der Waals surface area (Å²) in [4.78, 5) is 19.1. The summed E-state index contributed by atoms with van der Waals surface area (Å²) in [6, 6.07) is 0. The van der Waals surface area contributed by atoms with Crippen LogP contribution < -0.4 is 16.4 Å². The van der Waals surface area contributed by atoms with E-state index in [1.165, 1.54) is 0 Å². The fourth-order valence-electron chi connectivity index (χ4n) is 0.555. The number of hydrogen-bond acceptors (Lipinski definition) is 3. The monoisotopic (exact) mass is 161 g/mol. The van der Waals surface area contributed by atoms with Crippen LogP contribution in [0, 0.1) is 0 Å². The fraction of sp³-hybridized carbons (Fsp3) is 0.600. The zero-order chi connectivity index (χ0) is 8.69. The molecule has 0 aromatic heterocycles. The molecular weight excluding hydrogens is 150 g/mol. The van der Waals surface area contributed by atoms with Crippen LogP contribution in [0.2, 0.25) is 0 Å². The molecule has 1 saturated heterocycles. The molecule has 0 aliphatic carbocycles. The highest BCUT2D eigenvalue weighted by molar-refractivity contribution is 5.78. The topological polar surface area (TPSA) is 104 Å². The first kappa shape index (κ1) is 9.70. The summed E-state index contributed by atoms with van der Waals surface area (Å²) in [6.45, 7) is 2.17. The molecule has 1 heterocycles. The van der Waals surface area contributed by atoms with Crippen molar-refractivity contribution in [2.45, 2.75) is 0 Å². The van der Waals surface area contributed by atoms with Crippen molar-refractivity contribution in [3.63, 3.8) is 0 Å². The van der Waals surface area contributed by atoms with E-state index in [1.54, 1.807) is 0 Å². The van der Waals surface area contributed by atoms with Crippen molar-refractivity contribution in [3.8, 4) is 0 Å². The molecule has 0 saturated carbocycles. The second kappa shape index (κ2) is 5.48. The molecule has 0 bridgehead atoms. The van der Waals surface area contributed by atoms with E-state index in [0.29, 0.717) is 6.54 Å². The number of rotatable bonds is 0. The zero-order valence-electron chi connectivity index (χ0n) is 5.96. The second-order valence-corrected chi connectivity index (χ2v) is 1.86. The SMILES string of the molecule is NC(=O)O.O=C1CNCCN1. The lowest BCUT2D eigenvalue weighted by Gasteiger charge is -2.11. The van der Waals surface area contributed by atoms with Crippen LogP contribution in [0.1, 0.15) is 0 Å². The predicted molar refractivity (Wildman–Crippen MR) is 38.1 cm³/mol. The summed E-state index contributed by atoms with van der Waals surface area (Å²) in [7, 11) is 0. The number of nitrogens with one attached hydrogen (secondary N) is 2. The van der Waals surface area contributed by atoms with Crippen molar-refractivity contribution >= 4 is 12.0 Å². The van der Waals surface area contributed by atoms with Gasteiger partial charge in [0.15, 0.2) is 0 Å². The molecule has 5 N–H and O–H groups in total. The van der Waals surface area contributed by atoms with Crippen LogP contribution in [0.25, 0.3) is 0 Å². The number of hydrogen-bond donors (Lipinski definition) is 4. The Morgan fingerprint density at radius 1 is 1.55 bits per heavy atom. The van der Waals surface area contributed by atoms with Gasteiger partial charge in [-0.3, -0.25) is 4.79 Å². The Kier molecular flexibility index (Phi) is 4.83. The van der Waals surface area contributed by atoms with Crippen molar-refractivity contribution < 1.29 is 14.7 Å². The molecule has 64 valence electrons. The lowest BCUT2D eigenvalue weighted by molar-refractivity contribution is -0.121. The van der Waals surface area contributed by atoms with Gasteiger partial charge in [0.25, 0.3) is 0 Å². The number of amides is 2. The Morgan fingerprint density at radius 2 is 2.09 bits per heavy atom. The first-order valence-corrected chi connectivity index (χ1v) is 3.08. The fourth-order valence-corrected chi connectivity index (χ4v) is 0.555. The summed E-state index contributed by atoms with van der Waals surface area (Å²) < 4.78 is 0. The van der Waals surface area contributed by atoms with Gasteiger partial charge in [0.05, 0.1) is 6.54 Å². The molecule has 0 unspecified atom stereocenters. The molecule has 1 aliphatic rings. The lowest BCUT2D eigenvalue weighted by atomic mass is 10.4. The number of carbonyl (C=O) groups is 2. The minimum Gasteiger partial charge on any atom is -0.465 e. The molecule has 0 aromatic carbocycles. The van der Waals surface area contributed by atoms with E-state index < -0.39 is 6.09 Å². The van der Waals surface area contributed by atoms with E-state index in [1.807, 2.05) is 0 Å². The molecule has 1 aliphatic heterocycles. The summed E-state index contributed by atoms with van der Waals surface area (Å²) in [5, 5.41) is 12.8. The molecule has 6 heteroatoms. The van der Waals surface area contributed by atoms with Gasteiger partial charge >= 0.3 is 6.09 Å². The third-order valence-corrected chi connectivity index (χ3v) is 0.910. The van der Waals surface area contributed by atoms with Gasteiger partial charge < -0.3 is 21.5 Å². The highest BCUT2D eigenvalue weighted by atomic mass is 16.4. The summed E-state index contributed by atoms with van der Waals surface area (Å²) >= 11 is 0. The van der Waals surface area contributed by atoms with Gasteiger partial charge in [0, 0.05) is 13.1 Å². The molecule has 0 atom stereocenters. The van der Waals surface area contributed by atoms with Gasteiger partial charge in [-0.2, -0.15) is 0 Å². The molecule has 1 fully saturated rings. The van der Waals surface area contributed by atoms with E-state index in [0.717, 1.165) is 13.1 Å². The average molecular weight is 161 g/mol. The first-order valence-electron chi connectivity index (χ1n) is 3.08. The minimum absolute atomic E-state index is 0.103. The zero-order valence-corrected chi connectivity index (χ0v) is 5.96. The van der Waals surface area contributed by atoms with E-state index in [-0.39, 0.29) is 5.91 Å². The molecule has 1 rings (SSSR count). The molecule has 0 spiro atoms. The Hall–Kier alpha value is -1.30. The largest absolute Gasteiger partial charge is 0.465 e. The van der Waals surface area contributed by atoms with Crippen LogP contribution >= 0.6 is 0 Å². The Bertz CT molecular complexity index is 136. The minimum atomic E-state index is -1.33. The normalized spacial score (nSPS) is 15.8. The van der Waals surface area contributed by atoms with Crippen molar-refractivity contribution in [1.29, 1.82) is 0 Å². The maximum Gasteiger partial charge on any atom is 0.402 e. The highest BCUT2D eigenvalue weighted by Gasteiger charge is 2.02. The van der Waals surface area contributed by atoms with Gasteiger partial charge in [-0.1, -0.05) is 0 Å². The Morgan fingerprint density at radius 3 is 2.27 bits per heavy atom. The smallest absolute Gasteiger partial charge is 0.402 e. The third kappa shape index (κ3) is 8.70. The third-order valence-electron chi connectivity index (χ3n) is 0.910. The summed E-state index contributed by atoms with van der Waals surface area (Å²) in [5.74, 6) is 0.103. The quantitative estimate of drug-likeness (QED) is 0.341. The van der Waals surface area contributed by atoms with Crippen molar-refractivity contribution in [1.82, 2.24) is 10.6 Å². The standard InChI is InChI=1S/C4H8N2O.CH3NO2/c7-4-3-5-1-2-6-4;2-1(3)4/h5H,1-3H2,(H,6,7);2H2,(H,3,4). The van der Waals surface area contributed by atoms with Gasteiger partial charge in [-0.15, -0.1) is 0 Å². The number of piperazine rings is 1. The van der Waals surface area contributed by atoms with Crippen LogP contribution in [0.4, 0.5) is 4.79 Å². The molecule has 11 heavy (non-hydrogen) atoms. The number of primary amides is 1. The number of carboxylic acid groups (broad SMARTS) is 1. The van der Waals surface area contributed by atoms with Gasteiger partial charge in [0.1, 0.15) is 0 Å². The van der Waals surface area contributed by atoms with Gasteiger partial charge in [-0.05, 0) is 0 Å². The van der Waals surface area contributed by atoms with E-state index >= 15 is 0 Å². The summed E-state index contributed by atoms with van der Waals surface area (Å²) in [5.41, 5.74) is 4.03. The van der Waals surface area contributed by atoms with Crippen LogP contribution in [-0.2, 0) is 4.79 Å². The molecule has 0 radical (unpaired) electrons. The molecular formula is C5H11N3O3. The van der Waals surface area contributed by atoms with Crippen LogP contribution in [0.5, 0.6) is 0 Å². The first-order chi connectivity index (χ1) is 5.13. The number of carbonyl (C=O) groups excluding carboxylic acids is 1. The number of nitrogens with two attached hydrogens (primary N) is 1. The lowest BCUT2D eigenvalue weighted by Crippen LogP contribution is -2.44. The maximum atomic E-state index is 10.3.